The number of non-ortho nitro benzene ring substituents is 1. The van der Waals surface area contributed by atoms with Gasteiger partial charge in [-0.05, 0) is 71.4 Å². The summed E-state index contributed by atoms with van der Waals surface area (Å²) in [5, 5.41) is 28.3. The maximum Gasteiger partial charge on any atom is 0.340 e. The Morgan fingerprint density at radius 2 is 1.51 bits per heavy atom. The van der Waals surface area contributed by atoms with Crippen LogP contribution in [0.2, 0.25) is 0 Å². The van der Waals surface area contributed by atoms with Crippen LogP contribution in [0.5, 0.6) is 0 Å². The summed E-state index contributed by atoms with van der Waals surface area (Å²) in [4.78, 5) is 12.4. The van der Waals surface area contributed by atoms with Crippen LogP contribution >= 0.6 is 0 Å². The highest BCUT2D eigenvalue weighted by Gasteiger charge is 2.27. The van der Waals surface area contributed by atoms with Gasteiger partial charge in [0.2, 0.25) is 0 Å². The van der Waals surface area contributed by atoms with Crippen LogP contribution in [-0.2, 0) is 10.1 Å². The number of hydrogen-bond acceptors (Lipinski definition) is 9. The normalized spacial score (nSPS) is 11.6. The summed E-state index contributed by atoms with van der Waals surface area (Å²) >= 11 is 0. The average Bonchev–Trinajstić information content (AvgIpc) is 3.38. The van der Waals surface area contributed by atoms with Gasteiger partial charge in [-0.2, -0.15) is 10.2 Å². The van der Waals surface area contributed by atoms with Crippen LogP contribution < -0.4 is 4.80 Å². The smallest absolute Gasteiger partial charge is 0.340 e. The Morgan fingerprint density at radius 3 is 2.15 bits per heavy atom. The molecule has 194 valence electrons. The van der Waals surface area contributed by atoms with Crippen molar-refractivity contribution in [3.05, 3.63) is 113 Å². The minimum Gasteiger partial charge on any atom is -0.744 e. The summed E-state index contributed by atoms with van der Waals surface area (Å²) < 4.78 is 37.1. The average molecular weight is 542 g/mol. The highest BCUT2D eigenvalue weighted by molar-refractivity contribution is 7.85. The molecule has 1 heterocycles. The van der Waals surface area contributed by atoms with Crippen molar-refractivity contribution < 1.29 is 22.7 Å². The topological polar surface area (TPSA) is 160 Å². The van der Waals surface area contributed by atoms with Crippen molar-refractivity contribution in [1.29, 1.82) is 0 Å². The molecule has 0 saturated carbocycles. The van der Waals surface area contributed by atoms with E-state index in [4.69, 9.17) is 0 Å². The standard InChI is InChI=1S/C26H19N7O5S/c1-18-7-9-20(10-8-18)27-28-21-11-16-24(25(17-21)39(36,37)38)32-30-26(19-5-3-2-4-6-19)29-31(32)22-12-14-23(15-13-22)33(34)35/h2-17H,1H3. The van der Waals surface area contributed by atoms with Crippen LogP contribution in [0.25, 0.3) is 22.8 Å². The van der Waals surface area contributed by atoms with Gasteiger partial charge in [0.25, 0.3) is 5.69 Å². The van der Waals surface area contributed by atoms with Crippen molar-refractivity contribution >= 4 is 27.2 Å². The third-order valence-electron chi connectivity index (χ3n) is 5.62. The summed E-state index contributed by atoms with van der Waals surface area (Å²) in [5.41, 5.74) is 2.47. The maximum absolute atomic E-state index is 12.4. The molecular weight excluding hydrogens is 522 g/mol. The molecule has 12 nitrogen and oxygen atoms in total. The highest BCUT2D eigenvalue weighted by atomic mass is 32.2. The third-order valence-corrected chi connectivity index (χ3v) is 6.49. The molecule has 13 heteroatoms. The first-order valence-electron chi connectivity index (χ1n) is 11.5. The quantitative estimate of drug-likeness (QED) is 0.0945. The summed E-state index contributed by atoms with van der Waals surface area (Å²) in [5.74, 6) is 0.228. The van der Waals surface area contributed by atoms with E-state index in [-0.39, 0.29) is 22.9 Å². The number of azo groups is 1. The number of nitro benzene ring substituents is 1. The molecule has 5 rings (SSSR count). The van der Waals surface area contributed by atoms with E-state index >= 15 is 0 Å². The van der Waals surface area contributed by atoms with Gasteiger partial charge < -0.3 is 4.55 Å². The zero-order valence-electron chi connectivity index (χ0n) is 20.3. The molecule has 0 bridgehead atoms. The fraction of sp³-hybridized carbons (Fsp3) is 0.0385. The number of benzene rings is 4. The van der Waals surface area contributed by atoms with E-state index in [0.29, 0.717) is 16.9 Å². The molecule has 0 unspecified atom stereocenters. The van der Waals surface area contributed by atoms with Gasteiger partial charge in [-0.15, -0.1) is 0 Å². The molecule has 1 aromatic heterocycles. The van der Waals surface area contributed by atoms with Gasteiger partial charge in [-0.3, -0.25) is 10.1 Å². The van der Waals surface area contributed by atoms with E-state index in [0.717, 1.165) is 16.4 Å². The van der Waals surface area contributed by atoms with Crippen LogP contribution in [0, 0.1) is 17.0 Å². The largest absolute Gasteiger partial charge is 0.744 e. The minimum absolute atomic E-state index is 0.0904. The molecular formula is C26H19N7O5S. The first-order valence-corrected chi connectivity index (χ1v) is 12.9. The van der Waals surface area contributed by atoms with Crippen molar-refractivity contribution in [2.24, 2.45) is 10.2 Å². The van der Waals surface area contributed by atoms with Gasteiger partial charge in [-0.1, -0.05) is 35.9 Å². The van der Waals surface area contributed by atoms with E-state index in [1.807, 2.05) is 25.1 Å². The van der Waals surface area contributed by atoms with Crippen LogP contribution in [0.4, 0.5) is 17.1 Å². The fourth-order valence-electron chi connectivity index (χ4n) is 3.67. The van der Waals surface area contributed by atoms with E-state index in [1.165, 1.54) is 41.2 Å². The number of nitro groups is 1. The molecule has 0 atom stereocenters. The number of hydrogen-bond donors (Lipinski definition) is 0. The molecule has 0 aliphatic carbocycles. The molecule has 5 aromatic rings. The van der Waals surface area contributed by atoms with Crippen LogP contribution in [0.1, 0.15) is 5.56 Å². The maximum atomic E-state index is 12.4. The van der Waals surface area contributed by atoms with Crippen molar-refractivity contribution in [2.75, 3.05) is 0 Å². The molecule has 0 aliphatic rings. The zero-order valence-corrected chi connectivity index (χ0v) is 21.1. The lowest BCUT2D eigenvalue weighted by molar-refractivity contribution is -0.736. The number of tetrazole rings is 1. The van der Waals surface area contributed by atoms with Gasteiger partial charge in [0.1, 0.15) is 20.7 Å². The van der Waals surface area contributed by atoms with Crippen LogP contribution in [-0.4, -0.2) is 32.9 Å². The Balaban J connectivity index is 1.65. The van der Waals surface area contributed by atoms with E-state index in [1.54, 1.807) is 36.4 Å². The molecule has 0 fully saturated rings. The number of nitrogens with zero attached hydrogens (tertiary/aromatic N) is 7. The summed E-state index contributed by atoms with van der Waals surface area (Å²) in [6.07, 6.45) is 0. The van der Waals surface area contributed by atoms with Gasteiger partial charge in [0, 0.05) is 16.9 Å². The molecule has 0 aliphatic heterocycles. The first kappa shape index (κ1) is 25.5. The lowest BCUT2D eigenvalue weighted by Crippen LogP contribution is -2.44. The first-order chi connectivity index (χ1) is 18.7. The summed E-state index contributed by atoms with van der Waals surface area (Å²) in [6.45, 7) is 1.93. The second-order valence-corrected chi connectivity index (χ2v) is 9.73. The Kier molecular flexibility index (Phi) is 6.75. The Labute approximate surface area is 222 Å². The van der Waals surface area contributed by atoms with Crippen LogP contribution in [0.3, 0.4) is 0 Å². The second kappa shape index (κ2) is 10.3. The predicted molar refractivity (Wildman–Crippen MR) is 138 cm³/mol. The number of aryl methyl sites for hydroxylation is 1. The van der Waals surface area contributed by atoms with E-state index < -0.39 is 19.9 Å². The Hall–Kier alpha value is -5.14. The Morgan fingerprint density at radius 1 is 0.872 bits per heavy atom. The van der Waals surface area contributed by atoms with Gasteiger partial charge in [0.15, 0.2) is 5.69 Å². The molecule has 0 amide bonds. The van der Waals surface area contributed by atoms with E-state index in [2.05, 4.69) is 20.4 Å². The minimum atomic E-state index is -5.01. The number of rotatable bonds is 7. The molecule has 0 N–H and O–H groups in total. The molecule has 0 spiro atoms. The lowest BCUT2D eigenvalue weighted by Gasteiger charge is -2.10. The summed E-state index contributed by atoms with van der Waals surface area (Å²) in [7, 11) is -5.01. The van der Waals surface area contributed by atoms with Crippen molar-refractivity contribution in [1.82, 2.24) is 15.0 Å². The van der Waals surface area contributed by atoms with Gasteiger partial charge in [-0.25, -0.2) is 8.42 Å². The predicted octanol–water partition coefficient (Wildman–Crippen LogP) is 4.75. The van der Waals surface area contributed by atoms with Crippen LogP contribution in [0.15, 0.2) is 112 Å². The van der Waals surface area contributed by atoms with Gasteiger partial charge in [0.05, 0.1) is 27.0 Å². The molecule has 4 aromatic carbocycles. The third kappa shape index (κ3) is 5.58. The monoisotopic (exact) mass is 541 g/mol. The van der Waals surface area contributed by atoms with Crippen molar-refractivity contribution in [3.63, 3.8) is 0 Å². The molecule has 0 radical (unpaired) electrons. The van der Waals surface area contributed by atoms with Gasteiger partial charge >= 0.3 is 5.82 Å². The zero-order chi connectivity index (χ0) is 27.6. The summed E-state index contributed by atoms with van der Waals surface area (Å²) in [6, 6.07) is 25.6. The Bertz CT molecular complexity index is 1800. The van der Waals surface area contributed by atoms with Crippen molar-refractivity contribution in [2.45, 2.75) is 11.8 Å². The fourth-order valence-corrected chi connectivity index (χ4v) is 4.35. The second-order valence-electron chi connectivity index (χ2n) is 8.38. The SMILES string of the molecule is Cc1ccc(N=Nc2ccc(-[n+]3nc(-c4ccccc4)nn3-c3ccc([N+](=O)[O-])cc3)c(S(=O)(=O)[O-])c2)cc1. The van der Waals surface area contributed by atoms with E-state index in [9.17, 15) is 23.1 Å². The van der Waals surface area contributed by atoms with Crippen molar-refractivity contribution in [3.8, 4) is 22.8 Å². The lowest BCUT2D eigenvalue weighted by atomic mass is 10.2. The molecule has 39 heavy (non-hydrogen) atoms. The number of aromatic nitrogens is 4. The highest BCUT2D eigenvalue weighted by Crippen LogP contribution is 2.26. The molecule has 0 saturated heterocycles.